The van der Waals surface area contributed by atoms with Crippen LogP contribution in [0.2, 0.25) is 0 Å². The van der Waals surface area contributed by atoms with Crippen LogP contribution < -0.4 is 5.32 Å². The lowest BCUT2D eigenvalue weighted by atomic mass is 10.0. The molecule has 1 aliphatic rings. The van der Waals surface area contributed by atoms with E-state index in [1.54, 1.807) is 0 Å². The predicted octanol–water partition coefficient (Wildman–Crippen LogP) is 1.96. The summed E-state index contributed by atoms with van der Waals surface area (Å²) < 4.78 is 0. The summed E-state index contributed by atoms with van der Waals surface area (Å²) in [5.74, 6) is 0.141. The van der Waals surface area contributed by atoms with Gasteiger partial charge in [0.2, 0.25) is 0 Å². The van der Waals surface area contributed by atoms with Crippen molar-refractivity contribution in [3.8, 4) is 0 Å². The first-order valence-corrected chi connectivity index (χ1v) is 6.67. The number of nitrogens with zero attached hydrogens (tertiary/aromatic N) is 1. The van der Waals surface area contributed by atoms with Gasteiger partial charge in [-0.25, -0.2) is 0 Å². The van der Waals surface area contributed by atoms with E-state index < -0.39 is 0 Å². The normalized spacial score (nSPS) is 20.7. The molecule has 0 spiro atoms. The minimum absolute atomic E-state index is 0.141. The van der Waals surface area contributed by atoms with Crippen LogP contribution in [-0.2, 0) is 0 Å². The highest BCUT2D eigenvalue weighted by atomic mass is 32.1. The number of carbonyl (C=O) groups excluding carboxylic acids is 1. The molecule has 0 unspecified atom stereocenters. The summed E-state index contributed by atoms with van der Waals surface area (Å²) in [4.78, 5) is 14.6. The van der Waals surface area contributed by atoms with E-state index in [4.69, 9.17) is 0 Å². The molecule has 1 amide bonds. The Morgan fingerprint density at radius 2 is 2.50 bits per heavy atom. The molecule has 1 aliphatic heterocycles. The van der Waals surface area contributed by atoms with E-state index in [1.807, 2.05) is 29.5 Å². The smallest absolute Gasteiger partial charge is 0.263 e. The Kier molecular flexibility index (Phi) is 3.96. The van der Waals surface area contributed by atoms with Crippen LogP contribution in [-0.4, -0.2) is 37.0 Å². The van der Waals surface area contributed by atoms with Crippen molar-refractivity contribution in [3.05, 3.63) is 22.4 Å². The molecule has 0 aromatic carbocycles. The third-order valence-corrected chi connectivity index (χ3v) is 3.84. The molecule has 2 rings (SSSR count). The van der Waals surface area contributed by atoms with Gasteiger partial charge in [-0.1, -0.05) is 12.5 Å². The summed E-state index contributed by atoms with van der Waals surface area (Å²) in [5, 5.41) is 5.40. The van der Waals surface area contributed by atoms with Crippen molar-refractivity contribution in [2.75, 3.05) is 20.1 Å². The molecule has 1 aromatic heterocycles. The average Bonchev–Trinajstić information content (AvgIpc) is 2.83. The number of amides is 1. The van der Waals surface area contributed by atoms with Crippen molar-refractivity contribution < 1.29 is 4.79 Å². The zero-order valence-electron chi connectivity index (χ0n) is 9.61. The second kappa shape index (κ2) is 5.46. The highest BCUT2D eigenvalue weighted by Crippen LogP contribution is 2.13. The fourth-order valence-electron chi connectivity index (χ4n) is 2.08. The molecule has 16 heavy (non-hydrogen) atoms. The Morgan fingerprint density at radius 1 is 1.62 bits per heavy atom. The lowest BCUT2D eigenvalue weighted by molar-refractivity contribution is 0.0780. The van der Waals surface area contributed by atoms with E-state index in [2.05, 4.69) is 5.32 Å². The Balaban J connectivity index is 1.87. The molecule has 1 fully saturated rings. The first kappa shape index (κ1) is 11.6. The summed E-state index contributed by atoms with van der Waals surface area (Å²) in [6.45, 7) is 1.91. The van der Waals surface area contributed by atoms with E-state index in [-0.39, 0.29) is 5.91 Å². The summed E-state index contributed by atoms with van der Waals surface area (Å²) in [7, 11) is 1.89. The standard InChI is InChI=1S/C12H18N2OS/c1-14(9-10-5-2-3-7-13-10)12(15)11-6-4-8-16-11/h4,6,8,10,13H,2-3,5,7,9H2,1H3/t10-/m0/s1. The molecular formula is C12H18N2OS. The minimum atomic E-state index is 0.141. The van der Waals surface area contributed by atoms with Crippen molar-refractivity contribution in [2.45, 2.75) is 25.3 Å². The lowest BCUT2D eigenvalue weighted by Gasteiger charge is -2.28. The molecule has 0 aliphatic carbocycles. The van der Waals surface area contributed by atoms with Crippen LogP contribution in [0.3, 0.4) is 0 Å². The first-order chi connectivity index (χ1) is 7.77. The quantitative estimate of drug-likeness (QED) is 0.873. The molecule has 4 heteroatoms. The summed E-state index contributed by atoms with van der Waals surface area (Å²) >= 11 is 1.51. The zero-order chi connectivity index (χ0) is 11.4. The molecule has 1 saturated heterocycles. The van der Waals surface area contributed by atoms with Crippen LogP contribution in [0.15, 0.2) is 17.5 Å². The Bertz CT molecular complexity index is 331. The van der Waals surface area contributed by atoms with Gasteiger partial charge in [-0.15, -0.1) is 11.3 Å². The lowest BCUT2D eigenvalue weighted by Crippen LogP contribution is -2.44. The van der Waals surface area contributed by atoms with E-state index in [9.17, 15) is 4.79 Å². The van der Waals surface area contributed by atoms with Crippen LogP contribution in [0.5, 0.6) is 0 Å². The number of rotatable bonds is 3. The molecule has 2 heterocycles. The van der Waals surface area contributed by atoms with Crippen molar-refractivity contribution >= 4 is 17.2 Å². The van der Waals surface area contributed by atoms with E-state index in [0.29, 0.717) is 6.04 Å². The van der Waals surface area contributed by atoms with Gasteiger partial charge in [-0.3, -0.25) is 4.79 Å². The maximum atomic E-state index is 12.0. The van der Waals surface area contributed by atoms with Gasteiger partial charge in [-0.2, -0.15) is 0 Å². The number of hydrogen-bond acceptors (Lipinski definition) is 3. The molecule has 3 nitrogen and oxygen atoms in total. The zero-order valence-corrected chi connectivity index (χ0v) is 10.4. The van der Waals surface area contributed by atoms with Gasteiger partial charge in [-0.05, 0) is 30.8 Å². The molecule has 1 N–H and O–H groups in total. The Labute approximate surface area is 100 Å². The van der Waals surface area contributed by atoms with Gasteiger partial charge in [0.25, 0.3) is 5.91 Å². The van der Waals surface area contributed by atoms with Crippen LogP contribution in [0.4, 0.5) is 0 Å². The topological polar surface area (TPSA) is 32.3 Å². The van der Waals surface area contributed by atoms with E-state index >= 15 is 0 Å². The number of piperidine rings is 1. The van der Waals surface area contributed by atoms with Gasteiger partial charge < -0.3 is 10.2 Å². The summed E-state index contributed by atoms with van der Waals surface area (Å²) in [6.07, 6.45) is 3.72. The molecular weight excluding hydrogens is 220 g/mol. The fraction of sp³-hybridized carbons (Fsp3) is 0.583. The van der Waals surface area contributed by atoms with Gasteiger partial charge in [0.05, 0.1) is 4.88 Å². The monoisotopic (exact) mass is 238 g/mol. The van der Waals surface area contributed by atoms with Gasteiger partial charge in [0.15, 0.2) is 0 Å². The van der Waals surface area contributed by atoms with Gasteiger partial charge in [0.1, 0.15) is 0 Å². The van der Waals surface area contributed by atoms with Crippen molar-refractivity contribution in [3.63, 3.8) is 0 Å². The third kappa shape index (κ3) is 2.83. The average molecular weight is 238 g/mol. The molecule has 0 saturated carbocycles. The van der Waals surface area contributed by atoms with Crippen LogP contribution >= 0.6 is 11.3 Å². The highest BCUT2D eigenvalue weighted by Gasteiger charge is 2.18. The number of hydrogen-bond donors (Lipinski definition) is 1. The molecule has 1 atom stereocenters. The number of nitrogens with one attached hydrogen (secondary N) is 1. The number of likely N-dealkylation sites (N-methyl/N-ethyl adjacent to an activating group) is 1. The maximum Gasteiger partial charge on any atom is 0.263 e. The summed E-state index contributed by atoms with van der Waals surface area (Å²) in [6, 6.07) is 4.28. The Morgan fingerprint density at radius 3 is 3.12 bits per heavy atom. The van der Waals surface area contributed by atoms with Crippen LogP contribution in [0.1, 0.15) is 28.9 Å². The molecule has 0 radical (unpaired) electrons. The number of thiophene rings is 1. The first-order valence-electron chi connectivity index (χ1n) is 5.80. The molecule has 88 valence electrons. The molecule has 0 bridgehead atoms. The van der Waals surface area contributed by atoms with E-state index in [0.717, 1.165) is 18.0 Å². The van der Waals surface area contributed by atoms with Crippen molar-refractivity contribution in [2.24, 2.45) is 0 Å². The fourth-order valence-corrected chi connectivity index (χ4v) is 2.80. The highest BCUT2D eigenvalue weighted by molar-refractivity contribution is 7.12. The second-order valence-electron chi connectivity index (χ2n) is 4.31. The van der Waals surface area contributed by atoms with Crippen molar-refractivity contribution in [1.82, 2.24) is 10.2 Å². The largest absolute Gasteiger partial charge is 0.339 e. The molecule has 1 aromatic rings. The Hall–Kier alpha value is -0.870. The third-order valence-electron chi connectivity index (χ3n) is 2.99. The van der Waals surface area contributed by atoms with E-state index in [1.165, 1.54) is 30.6 Å². The van der Waals surface area contributed by atoms with Crippen LogP contribution in [0.25, 0.3) is 0 Å². The summed E-state index contributed by atoms with van der Waals surface area (Å²) in [5.41, 5.74) is 0. The van der Waals surface area contributed by atoms with Crippen LogP contribution in [0, 0.1) is 0 Å². The van der Waals surface area contributed by atoms with Gasteiger partial charge >= 0.3 is 0 Å². The SMILES string of the molecule is CN(C[C@@H]1CCCCN1)C(=O)c1cccs1. The second-order valence-corrected chi connectivity index (χ2v) is 5.26. The number of carbonyl (C=O) groups is 1. The van der Waals surface area contributed by atoms with Gasteiger partial charge in [0, 0.05) is 19.6 Å². The minimum Gasteiger partial charge on any atom is -0.339 e. The van der Waals surface area contributed by atoms with Crippen molar-refractivity contribution in [1.29, 1.82) is 0 Å². The maximum absolute atomic E-state index is 12.0. The predicted molar refractivity (Wildman–Crippen MR) is 66.9 cm³/mol.